The number of halogens is 2. The van der Waals surface area contributed by atoms with Gasteiger partial charge in [0, 0.05) is 12.3 Å². The number of aromatic carboxylic acids is 1. The summed E-state index contributed by atoms with van der Waals surface area (Å²) >= 11 is 0. The lowest BCUT2D eigenvalue weighted by Gasteiger charge is -2.04. The molecule has 0 aliphatic heterocycles. The molecule has 0 amide bonds. The molecular weight excluding hydrogens is 214 g/mol. The van der Waals surface area contributed by atoms with Crippen LogP contribution in [0.5, 0.6) is 0 Å². The number of carboxylic acid groups (broad SMARTS) is 1. The number of hydrogen-bond donors (Lipinski definition) is 1. The molecule has 0 radical (unpaired) electrons. The smallest absolute Gasteiger partial charge is 0.335 e. The quantitative estimate of drug-likeness (QED) is 0.856. The Labute approximate surface area is 91.9 Å². The van der Waals surface area contributed by atoms with Gasteiger partial charge in [0.25, 0.3) is 5.92 Å². The number of carboxylic acids is 1. The van der Waals surface area contributed by atoms with Gasteiger partial charge < -0.3 is 5.11 Å². The average molecular weight is 226 g/mol. The van der Waals surface area contributed by atoms with E-state index in [1.54, 1.807) is 18.2 Å². The third-order valence-electron chi connectivity index (χ3n) is 2.97. The summed E-state index contributed by atoms with van der Waals surface area (Å²) in [6.07, 6.45) is 0.711. The second-order valence-electron chi connectivity index (χ2n) is 4.16. The molecule has 1 aromatic carbocycles. The summed E-state index contributed by atoms with van der Waals surface area (Å²) in [5, 5.41) is 8.90. The first-order chi connectivity index (χ1) is 7.50. The third kappa shape index (κ3) is 2.21. The first kappa shape index (κ1) is 11.0. The van der Waals surface area contributed by atoms with Crippen LogP contribution in [0.15, 0.2) is 24.3 Å². The lowest BCUT2D eigenvalue weighted by molar-refractivity contribution is 0.0695. The van der Waals surface area contributed by atoms with E-state index in [-0.39, 0.29) is 12.0 Å². The van der Waals surface area contributed by atoms with Gasteiger partial charge in [-0.1, -0.05) is 18.2 Å². The van der Waals surface area contributed by atoms with Gasteiger partial charge >= 0.3 is 5.97 Å². The number of carbonyl (C=O) groups is 1. The number of alkyl halides is 2. The molecule has 0 saturated heterocycles. The number of rotatable bonds is 4. The number of aryl methyl sites for hydroxylation is 1. The molecule has 1 fully saturated rings. The second-order valence-corrected chi connectivity index (χ2v) is 4.16. The van der Waals surface area contributed by atoms with Gasteiger partial charge in [0.1, 0.15) is 0 Å². The van der Waals surface area contributed by atoms with Crippen LogP contribution < -0.4 is 0 Å². The number of hydrogen-bond acceptors (Lipinski definition) is 1. The molecule has 86 valence electrons. The van der Waals surface area contributed by atoms with Gasteiger partial charge in [-0.3, -0.25) is 0 Å². The Balaban J connectivity index is 2.02. The molecule has 4 heteroatoms. The molecule has 1 N–H and O–H groups in total. The van der Waals surface area contributed by atoms with Gasteiger partial charge in [0.2, 0.25) is 0 Å². The predicted octanol–water partition coefficient (Wildman–Crippen LogP) is 2.97. The van der Waals surface area contributed by atoms with Gasteiger partial charge in [0.05, 0.1) is 5.56 Å². The van der Waals surface area contributed by atoms with E-state index in [1.165, 1.54) is 6.07 Å². The van der Waals surface area contributed by atoms with Crippen LogP contribution in [0.3, 0.4) is 0 Å². The zero-order chi connectivity index (χ0) is 11.8. The molecule has 0 heterocycles. The van der Waals surface area contributed by atoms with Crippen LogP contribution in [0.25, 0.3) is 0 Å². The molecule has 2 rings (SSSR count). The van der Waals surface area contributed by atoms with E-state index in [0.29, 0.717) is 18.4 Å². The molecule has 0 bridgehead atoms. The zero-order valence-electron chi connectivity index (χ0n) is 8.62. The van der Waals surface area contributed by atoms with Crippen molar-refractivity contribution in [2.24, 2.45) is 5.92 Å². The van der Waals surface area contributed by atoms with Crippen LogP contribution in [-0.2, 0) is 6.42 Å². The Morgan fingerprint density at radius 1 is 1.44 bits per heavy atom. The Hall–Kier alpha value is -1.45. The van der Waals surface area contributed by atoms with Gasteiger partial charge in [-0.15, -0.1) is 0 Å². The van der Waals surface area contributed by atoms with Gasteiger partial charge in [-0.2, -0.15) is 0 Å². The van der Waals surface area contributed by atoms with Crippen LogP contribution in [0.2, 0.25) is 0 Å². The summed E-state index contributed by atoms with van der Waals surface area (Å²) in [5.74, 6) is -4.08. The van der Waals surface area contributed by atoms with Crippen molar-refractivity contribution in [2.45, 2.75) is 25.2 Å². The first-order valence-electron chi connectivity index (χ1n) is 5.20. The molecule has 1 aromatic rings. The summed E-state index contributed by atoms with van der Waals surface area (Å²) in [6.45, 7) is 0. The van der Waals surface area contributed by atoms with Crippen LogP contribution in [0.4, 0.5) is 8.78 Å². The normalized spacial score (nSPS) is 21.8. The molecule has 16 heavy (non-hydrogen) atoms. The minimum atomic E-state index is -2.52. The van der Waals surface area contributed by atoms with Crippen molar-refractivity contribution in [3.05, 3.63) is 35.4 Å². The standard InChI is InChI=1S/C12H12F2O2/c13-12(14)7-9(12)6-5-8-3-1-2-4-10(8)11(15)16/h1-4,9H,5-7H2,(H,15,16). The number of benzene rings is 1. The van der Waals surface area contributed by atoms with E-state index in [2.05, 4.69) is 0 Å². The van der Waals surface area contributed by atoms with Crippen molar-refractivity contribution in [2.75, 3.05) is 0 Å². The highest BCUT2D eigenvalue weighted by Gasteiger charge is 2.55. The Morgan fingerprint density at radius 2 is 2.06 bits per heavy atom. The maximum atomic E-state index is 12.6. The fraction of sp³-hybridized carbons (Fsp3) is 0.417. The van der Waals surface area contributed by atoms with Gasteiger partial charge in [-0.25, -0.2) is 13.6 Å². The van der Waals surface area contributed by atoms with E-state index >= 15 is 0 Å². The monoisotopic (exact) mass is 226 g/mol. The lowest BCUT2D eigenvalue weighted by Crippen LogP contribution is -2.03. The maximum absolute atomic E-state index is 12.6. The SMILES string of the molecule is O=C(O)c1ccccc1CCC1CC1(F)F. The zero-order valence-corrected chi connectivity index (χ0v) is 8.62. The van der Waals surface area contributed by atoms with Crippen LogP contribution in [0, 0.1) is 5.92 Å². The van der Waals surface area contributed by atoms with Crippen molar-refractivity contribution in [3.63, 3.8) is 0 Å². The molecule has 1 aliphatic carbocycles. The average Bonchev–Trinajstić information content (AvgIpc) is 2.84. The summed E-state index contributed by atoms with van der Waals surface area (Å²) < 4.78 is 25.3. The second kappa shape index (κ2) is 3.85. The third-order valence-corrected chi connectivity index (χ3v) is 2.97. The van der Waals surface area contributed by atoms with E-state index in [1.807, 2.05) is 0 Å². The van der Waals surface area contributed by atoms with E-state index < -0.39 is 17.8 Å². The largest absolute Gasteiger partial charge is 0.478 e. The molecule has 1 saturated carbocycles. The van der Waals surface area contributed by atoms with Crippen LogP contribution in [0.1, 0.15) is 28.8 Å². The van der Waals surface area contributed by atoms with Crippen LogP contribution in [-0.4, -0.2) is 17.0 Å². The Kier molecular flexibility index (Phi) is 2.66. The highest BCUT2D eigenvalue weighted by Crippen LogP contribution is 2.51. The van der Waals surface area contributed by atoms with Crippen molar-refractivity contribution in [1.82, 2.24) is 0 Å². The molecule has 2 nitrogen and oxygen atoms in total. The minimum absolute atomic E-state index is 0.0533. The predicted molar refractivity (Wildman–Crippen MR) is 54.8 cm³/mol. The molecule has 0 spiro atoms. The van der Waals surface area contributed by atoms with E-state index in [0.717, 1.165) is 0 Å². The van der Waals surface area contributed by atoms with Crippen molar-refractivity contribution in [3.8, 4) is 0 Å². The Bertz CT molecular complexity index is 415. The molecular formula is C12H12F2O2. The highest BCUT2D eigenvalue weighted by molar-refractivity contribution is 5.89. The van der Waals surface area contributed by atoms with E-state index in [4.69, 9.17) is 5.11 Å². The van der Waals surface area contributed by atoms with Crippen molar-refractivity contribution < 1.29 is 18.7 Å². The fourth-order valence-corrected chi connectivity index (χ4v) is 1.86. The summed E-state index contributed by atoms with van der Waals surface area (Å²) in [4.78, 5) is 10.9. The Morgan fingerprint density at radius 3 is 2.62 bits per heavy atom. The van der Waals surface area contributed by atoms with Crippen molar-refractivity contribution in [1.29, 1.82) is 0 Å². The molecule has 1 unspecified atom stereocenters. The van der Waals surface area contributed by atoms with E-state index in [9.17, 15) is 13.6 Å². The molecule has 1 atom stereocenters. The van der Waals surface area contributed by atoms with Gasteiger partial charge in [0.15, 0.2) is 0 Å². The maximum Gasteiger partial charge on any atom is 0.335 e. The summed E-state index contributed by atoms with van der Waals surface area (Å²) in [6, 6.07) is 6.55. The first-order valence-corrected chi connectivity index (χ1v) is 5.20. The minimum Gasteiger partial charge on any atom is -0.478 e. The molecule has 1 aliphatic rings. The van der Waals surface area contributed by atoms with Crippen LogP contribution >= 0.6 is 0 Å². The highest BCUT2D eigenvalue weighted by atomic mass is 19.3. The topological polar surface area (TPSA) is 37.3 Å². The molecule has 0 aromatic heterocycles. The fourth-order valence-electron chi connectivity index (χ4n) is 1.86. The summed E-state index contributed by atoms with van der Waals surface area (Å²) in [7, 11) is 0. The van der Waals surface area contributed by atoms with Gasteiger partial charge in [-0.05, 0) is 24.5 Å². The lowest BCUT2D eigenvalue weighted by atomic mass is 10.0. The summed E-state index contributed by atoms with van der Waals surface area (Å²) in [5.41, 5.74) is 0.851. The van der Waals surface area contributed by atoms with Crippen molar-refractivity contribution >= 4 is 5.97 Å².